The monoisotopic (exact) mass is 719 g/mol. The molecule has 9 aromatic carbocycles. The van der Waals surface area contributed by atoms with Crippen LogP contribution < -0.4 is 4.90 Å². The van der Waals surface area contributed by atoms with Crippen molar-refractivity contribution in [3.05, 3.63) is 200 Å². The molecule has 0 saturated carbocycles. The summed E-state index contributed by atoms with van der Waals surface area (Å²) in [5, 5.41) is 7.36. The minimum Gasteiger partial charge on any atom is -0.456 e. The normalized spacial score (nSPS) is 11.6. The van der Waals surface area contributed by atoms with E-state index in [0.29, 0.717) is 0 Å². The van der Waals surface area contributed by atoms with Gasteiger partial charge in [0.2, 0.25) is 0 Å². The number of hydrogen-bond donors (Lipinski definition) is 0. The highest BCUT2D eigenvalue weighted by molar-refractivity contribution is 7.25. The van der Waals surface area contributed by atoms with Crippen molar-refractivity contribution in [3.63, 3.8) is 0 Å². The van der Waals surface area contributed by atoms with Gasteiger partial charge in [-0.1, -0.05) is 121 Å². The van der Waals surface area contributed by atoms with Crippen LogP contribution in [-0.4, -0.2) is 0 Å². The van der Waals surface area contributed by atoms with Crippen LogP contribution in [0.5, 0.6) is 0 Å². The van der Waals surface area contributed by atoms with Crippen molar-refractivity contribution in [2.75, 3.05) is 4.90 Å². The first kappa shape index (κ1) is 31.6. The predicted octanol–water partition coefficient (Wildman–Crippen LogP) is 15.6. The molecule has 0 saturated heterocycles. The second-order valence-electron chi connectivity index (χ2n) is 14.2. The van der Waals surface area contributed by atoms with Crippen molar-refractivity contribution in [2.45, 2.75) is 0 Å². The van der Waals surface area contributed by atoms with Crippen LogP contribution in [0.3, 0.4) is 0 Å². The van der Waals surface area contributed by atoms with Crippen LogP contribution in [0, 0.1) is 0 Å². The Hall–Kier alpha value is -6.94. The lowest BCUT2D eigenvalue weighted by atomic mass is 9.97. The van der Waals surface area contributed by atoms with Crippen molar-refractivity contribution >= 4 is 81.3 Å². The molecule has 0 aliphatic heterocycles. The highest BCUT2D eigenvalue weighted by Gasteiger charge is 2.17. The van der Waals surface area contributed by atoms with Gasteiger partial charge < -0.3 is 9.32 Å². The van der Waals surface area contributed by atoms with E-state index in [0.717, 1.165) is 39.0 Å². The molecule has 258 valence electrons. The Morgan fingerprint density at radius 3 is 1.67 bits per heavy atom. The second-order valence-corrected chi connectivity index (χ2v) is 15.2. The average molecular weight is 720 g/mol. The van der Waals surface area contributed by atoms with E-state index in [1.165, 1.54) is 64.3 Å². The van der Waals surface area contributed by atoms with E-state index >= 15 is 0 Å². The molecule has 0 fully saturated rings. The summed E-state index contributed by atoms with van der Waals surface area (Å²) in [6, 6.07) is 72.3. The standard InChI is InChI=1S/C52H33NOS/c1-2-9-37-31-40(17-16-34(37)8-1)39-11-7-10-38(30-39)35-18-23-42(24-19-35)53(44-27-28-50-47(33-44)45-12-3-5-14-49(45)54-50)43-25-20-36(21-26-43)41-22-29-52-48(32-41)46-13-4-6-15-51(46)55-52/h1-33H. The molecule has 0 spiro atoms. The smallest absolute Gasteiger partial charge is 0.135 e. The summed E-state index contributed by atoms with van der Waals surface area (Å²) in [6.45, 7) is 0. The molecule has 0 atom stereocenters. The van der Waals surface area contributed by atoms with Gasteiger partial charge >= 0.3 is 0 Å². The summed E-state index contributed by atoms with van der Waals surface area (Å²) in [5.41, 5.74) is 12.2. The number of rotatable bonds is 6. The first-order chi connectivity index (χ1) is 27.2. The molecule has 0 amide bonds. The molecular formula is C52H33NOS. The quantitative estimate of drug-likeness (QED) is 0.170. The largest absolute Gasteiger partial charge is 0.456 e. The molecule has 55 heavy (non-hydrogen) atoms. The Kier molecular flexibility index (Phi) is 7.39. The van der Waals surface area contributed by atoms with Crippen LogP contribution in [0.25, 0.3) is 86.3 Å². The summed E-state index contributed by atoms with van der Waals surface area (Å²) < 4.78 is 8.87. The number of benzene rings is 9. The van der Waals surface area contributed by atoms with Crippen molar-refractivity contribution in [1.29, 1.82) is 0 Å². The third-order valence-electron chi connectivity index (χ3n) is 10.9. The van der Waals surface area contributed by atoms with Gasteiger partial charge in [0, 0.05) is 48.0 Å². The van der Waals surface area contributed by atoms with Gasteiger partial charge in [-0.2, -0.15) is 0 Å². The Morgan fingerprint density at radius 1 is 0.309 bits per heavy atom. The van der Waals surface area contributed by atoms with E-state index in [2.05, 4.69) is 193 Å². The van der Waals surface area contributed by atoms with Crippen molar-refractivity contribution in [2.24, 2.45) is 0 Å². The maximum atomic E-state index is 6.22. The van der Waals surface area contributed by atoms with Crippen molar-refractivity contribution in [1.82, 2.24) is 0 Å². The van der Waals surface area contributed by atoms with E-state index in [9.17, 15) is 0 Å². The number of nitrogens with zero attached hydrogens (tertiary/aromatic N) is 1. The van der Waals surface area contributed by atoms with E-state index in [1.807, 2.05) is 23.5 Å². The van der Waals surface area contributed by atoms with Gasteiger partial charge in [-0.05, 0) is 123 Å². The number of thiophene rings is 1. The van der Waals surface area contributed by atoms with Gasteiger partial charge in [-0.25, -0.2) is 0 Å². The molecule has 0 unspecified atom stereocenters. The molecular weight excluding hydrogens is 687 g/mol. The van der Waals surface area contributed by atoms with Crippen LogP contribution in [-0.2, 0) is 0 Å². The molecule has 0 aliphatic carbocycles. The highest BCUT2D eigenvalue weighted by atomic mass is 32.1. The molecule has 0 bridgehead atoms. The highest BCUT2D eigenvalue weighted by Crippen LogP contribution is 2.41. The van der Waals surface area contributed by atoms with Crippen LogP contribution >= 0.6 is 11.3 Å². The minimum atomic E-state index is 0.887. The summed E-state index contributed by atoms with van der Waals surface area (Å²) in [5.74, 6) is 0. The molecule has 2 aromatic heterocycles. The molecule has 11 aromatic rings. The molecule has 2 nitrogen and oxygen atoms in total. The fourth-order valence-electron chi connectivity index (χ4n) is 8.06. The summed E-state index contributed by atoms with van der Waals surface area (Å²) >= 11 is 1.85. The fourth-order valence-corrected chi connectivity index (χ4v) is 9.15. The van der Waals surface area contributed by atoms with Gasteiger partial charge in [0.05, 0.1) is 0 Å². The number of furan rings is 1. The lowest BCUT2D eigenvalue weighted by Gasteiger charge is -2.26. The SMILES string of the molecule is c1cc(-c2ccc(N(c3ccc(-c4ccc5sc6ccccc6c5c4)cc3)c3ccc4oc5ccccc5c4c3)cc2)cc(-c2ccc3ccccc3c2)c1. The van der Waals surface area contributed by atoms with Gasteiger partial charge in [0.15, 0.2) is 0 Å². The molecule has 11 rings (SSSR count). The predicted molar refractivity (Wildman–Crippen MR) is 235 cm³/mol. The van der Waals surface area contributed by atoms with Crippen LogP contribution in [0.2, 0.25) is 0 Å². The topological polar surface area (TPSA) is 16.4 Å². The Bertz CT molecular complexity index is 3210. The lowest BCUT2D eigenvalue weighted by Crippen LogP contribution is -2.09. The zero-order valence-corrected chi connectivity index (χ0v) is 30.6. The molecule has 3 heteroatoms. The van der Waals surface area contributed by atoms with E-state index < -0.39 is 0 Å². The van der Waals surface area contributed by atoms with E-state index in [-0.39, 0.29) is 0 Å². The third kappa shape index (κ3) is 5.56. The fraction of sp³-hybridized carbons (Fsp3) is 0. The number of para-hydroxylation sites is 1. The Balaban J connectivity index is 0.979. The van der Waals surface area contributed by atoms with Crippen LogP contribution in [0.1, 0.15) is 0 Å². The maximum absolute atomic E-state index is 6.22. The van der Waals surface area contributed by atoms with Gasteiger partial charge in [-0.15, -0.1) is 11.3 Å². The molecule has 0 N–H and O–H groups in total. The summed E-state index contributed by atoms with van der Waals surface area (Å²) in [4.78, 5) is 2.34. The zero-order valence-electron chi connectivity index (χ0n) is 29.8. The lowest BCUT2D eigenvalue weighted by molar-refractivity contribution is 0.669. The van der Waals surface area contributed by atoms with Crippen LogP contribution in [0.4, 0.5) is 17.1 Å². The van der Waals surface area contributed by atoms with Gasteiger partial charge in [0.25, 0.3) is 0 Å². The first-order valence-corrected chi connectivity index (χ1v) is 19.5. The molecule has 2 heterocycles. The van der Waals surface area contributed by atoms with Crippen molar-refractivity contribution < 1.29 is 4.42 Å². The maximum Gasteiger partial charge on any atom is 0.135 e. The Morgan fingerprint density at radius 2 is 0.873 bits per heavy atom. The number of hydrogen-bond acceptors (Lipinski definition) is 3. The van der Waals surface area contributed by atoms with Gasteiger partial charge in [-0.3, -0.25) is 0 Å². The van der Waals surface area contributed by atoms with Crippen LogP contribution in [0.15, 0.2) is 205 Å². The second kappa shape index (κ2) is 12.9. The third-order valence-corrected chi connectivity index (χ3v) is 12.0. The molecule has 0 aliphatic rings. The summed E-state index contributed by atoms with van der Waals surface area (Å²) in [6.07, 6.45) is 0. The minimum absolute atomic E-state index is 0.887. The summed E-state index contributed by atoms with van der Waals surface area (Å²) in [7, 11) is 0. The number of anilines is 3. The van der Waals surface area contributed by atoms with E-state index in [4.69, 9.17) is 4.42 Å². The van der Waals surface area contributed by atoms with E-state index in [1.54, 1.807) is 0 Å². The molecule has 0 radical (unpaired) electrons. The first-order valence-electron chi connectivity index (χ1n) is 18.6. The Labute approximate surface area is 322 Å². The van der Waals surface area contributed by atoms with Crippen molar-refractivity contribution in [3.8, 4) is 33.4 Å². The zero-order chi connectivity index (χ0) is 36.3. The van der Waals surface area contributed by atoms with Gasteiger partial charge in [0.1, 0.15) is 11.2 Å². The number of fused-ring (bicyclic) bond motifs is 7. The average Bonchev–Trinajstić information content (AvgIpc) is 3.82.